The number of ether oxygens (including phenoxy) is 2. The van der Waals surface area contributed by atoms with Gasteiger partial charge in [0.05, 0.1) is 25.6 Å². The summed E-state index contributed by atoms with van der Waals surface area (Å²) in [4.78, 5) is 16.9. The summed E-state index contributed by atoms with van der Waals surface area (Å²) >= 11 is 0. The summed E-state index contributed by atoms with van der Waals surface area (Å²) in [6, 6.07) is 8.28. The van der Waals surface area contributed by atoms with E-state index in [0.29, 0.717) is 24.7 Å². The minimum atomic E-state index is -3.55. The number of hydrogen-bond donors (Lipinski definition) is 2. The van der Waals surface area contributed by atoms with Crippen molar-refractivity contribution >= 4 is 21.6 Å². The summed E-state index contributed by atoms with van der Waals surface area (Å²) in [7, 11) is -2.03. The molecular formula is C20H22N6O4S. The van der Waals surface area contributed by atoms with Crippen molar-refractivity contribution < 1.29 is 18.5 Å². The number of nitrogens with one attached hydrogen (secondary N) is 1. The van der Waals surface area contributed by atoms with Crippen molar-refractivity contribution in [1.82, 2.24) is 14.8 Å². The molecule has 0 fully saturated rings. The highest BCUT2D eigenvalue weighted by atomic mass is 32.2. The Kier molecular flexibility index (Phi) is 5.61. The Morgan fingerprint density at radius 1 is 1.39 bits per heavy atom. The van der Waals surface area contributed by atoms with Crippen LogP contribution in [0.1, 0.15) is 12.0 Å². The van der Waals surface area contributed by atoms with Crippen molar-refractivity contribution in [2.24, 2.45) is 9.50 Å². The molecule has 1 aromatic carbocycles. The number of fused-ring (bicyclic) bond motifs is 1. The number of nitrogens with two attached hydrogens (primary N) is 1. The van der Waals surface area contributed by atoms with Gasteiger partial charge >= 0.3 is 6.03 Å². The van der Waals surface area contributed by atoms with E-state index in [-0.39, 0.29) is 10.8 Å². The summed E-state index contributed by atoms with van der Waals surface area (Å²) < 4.78 is 29.1. The Balaban J connectivity index is 1.67. The topological polar surface area (TPSA) is 134 Å². The average Bonchev–Trinajstić information content (AvgIpc) is 3.20. The highest BCUT2D eigenvalue weighted by Crippen LogP contribution is 2.32. The lowest BCUT2D eigenvalue weighted by atomic mass is 10.0. The van der Waals surface area contributed by atoms with Gasteiger partial charge < -0.3 is 14.8 Å². The molecule has 1 atom stereocenters. The normalized spacial score (nSPS) is 14.7. The van der Waals surface area contributed by atoms with Crippen LogP contribution in [0.3, 0.4) is 0 Å². The number of carbonyl (C=O) groups is 1. The van der Waals surface area contributed by atoms with Gasteiger partial charge in [-0.05, 0) is 24.1 Å². The molecule has 3 N–H and O–H groups in total. The first-order chi connectivity index (χ1) is 14.9. The van der Waals surface area contributed by atoms with Crippen LogP contribution < -0.4 is 19.9 Å². The van der Waals surface area contributed by atoms with Gasteiger partial charge in [0.2, 0.25) is 11.8 Å². The molecule has 11 heteroatoms. The quantitative estimate of drug-likeness (QED) is 0.638. The minimum Gasteiger partial charge on any atom is -0.481 e. The maximum Gasteiger partial charge on any atom is 0.354 e. The smallest absolute Gasteiger partial charge is 0.354 e. The first-order valence-electron chi connectivity index (χ1n) is 9.53. The van der Waals surface area contributed by atoms with E-state index < -0.39 is 15.9 Å². The highest BCUT2D eigenvalue weighted by Gasteiger charge is 2.24. The standard InChI is InChI=1S/C20H22N6O4S/c1-13-5-3-6-15(14-7-8-22-17(11-14)29-2)18(13)24-20(27)25-31(21,28)16-12-23-26-9-4-10-30-19(16)26/h3,5-8,11-12H,4,9-10H2,1-2H3,(H3,21,24,25,27,28). The Labute approximate surface area is 179 Å². The van der Waals surface area contributed by atoms with E-state index in [2.05, 4.69) is 19.8 Å². The third-order valence-electron chi connectivity index (χ3n) is 4.81. The van der Waals surface area contributed by atoms with Crippen molar-refractivity contribution in [3.8, 4) is 22.9 Å². The highest BCUT2D eigenvalue weighted by molar-refractivity contribution is 7.91. The second-order valence-corrected chi connectivity index (χ2v) is 8.67. The molecule has 2 amide bonds. The number of nitrogens with zero attached hydrogens (tertiary/aromatic N) is 4. The molecule has 3 aromatic rings. The van der Waals surface area contributed by atoms with Crippen LogP contribution in [0.5, 0.6) is 11.8 Å². The predicted octanol–water partition coefficient (Wildman–Crippen LogP) is 2.98. The molecule has 0 saturated heterocycles. The van der Waals surface area contributed by atoms with Gasteiger partial charge in [-0.2, -0.15) is 5.10 Å². The number of hydrogen-bond acceptors (Lipinski definition) is 6. The lowest BCUT2D eigenvalue weighted by Gasteiger charge is -2.16. The van der Waals surface area contributed by atoms with Crippen molar-refractivity contribution in [2.75, 3.05) is 19.0 Å². The van der Waals surface area contributed by atoms with Crippen LogP contribution >= 0.6 is 0 Å². The van der Waals surface area contributed by atoms with Crippen molar-refractivity contribution in [3.63, 3.8) is 0 Å². The molecule has 10 nitrogen and oxygen atoms in total. The average molecular weight is 443 g/mol. The van der Waals surface area contributed by atoms with E-state index in [1.807, 2.05) is 25.1 Å². The van der Waals surface area contributed by atoms with Gasteiger partial charge in [-0.3, -0.25) is 0 Å². The van der Waals surface area contributed by atoms with E-state index >= 15 is 0 Å². The number of benzene rings is 1. The largest absolute Gasteiger partial charge is 0.481 e. The SMILES string of the molecule is COc1cc(-c2cccc(C)c2NC(=O)N=S(N)(=O)c2cnn3c2OCCC3)ccn1. The molecule has 0 bridgehead atoms. The van der Waals surface area contributed by atoms with Gasteiger partial charge in [0.25, 0.3) is 0 Å². The zero-order valence-corrected chi connectivity index (χ0v) is 17.9. The number of rotatable bonds is 4. The number of amides is 2. The van der Waals surface area contributed by atoms with Crippen LogP contribution in [0, 0.1) is 6.92 Å². The van der Waals surface area contributed by atoms with Crippen LogP contribution in [-0.2, 0) is 16.5 Å². The van der Waals surface area contributed by atoms with Gasteiger partial charge in [0, 0.05) is 30.8 Å². The molecule has 3 heterocycles. The molecule has 1 aliphatic heterocycles. The third-order valence-corrected chi connectivity index (χ3v) is 6.15. The maximum absolute atomic E-state index is 13.0. The molecule has 0 saturated carbocycles. The summed E-state index contributed by atoms with van der Waals surface area (Å²) in [6.07, 6.45) is 3.73. The van der Waals surface area contributed by atoms with Gasteiger partial charge in [-0.15, -0.1) is 4.36 Å². The monoisotopic (exact) mass is 442 g/mol. The van der Waals surface area contributed by atoms with E-state index in [9.17, 15) is 9.00 Å². The molecule has 31 heavy (non-hydrogen) atoms. The molecule has 0 aliphatic carbocycles. The van der Waals surface area contributed by atoms with Crippen LogP contribution in [0.4, 0.5) is 10.5 Å². The lowest BCUT2D eigenvalue weighted by Crippen LogP contribution is -2.21. The van der Waals surface area contributed by atoms with Crippen molar-refractivity contribution in [2.45, 2.75) is 24.8 Å². The number of carbonyl (C=O) groups excluding carboxylic acids is 1. The fraction of sp³-hybridized carbons (Fsp3) is 0.250. The van der Waals surface area contributed by atoms with E-state index in [1.54, 1.807) is 23.0 Å². The van der Waals surface area contributed by atoms with Gasteiger partial charge in [0.15, 0.2) is 9.92 Å². The van der Waals surface area contributed by atoms with E-state index in [4.69, 9.17) is 14.6 Å². The second-order valence-electron chi connectivity index (χ2n) is 6.91. The number of pyridine rings is 1. The molecule has 162 valence electrons. The third kappa shape index (κ3) is 4.23. The molecule has 1 aliphatic rings. The zero-order chi connectivity index (χ0) is 22.0. The van der Waals surface area contributed by atoms with Crippen LogP contribution in [-0.4, -0.2) is 38.7 Å². The Morgan fingerprint density at radius 3 is 3.03 bits per heavy atom. The first-order valence-corrected chi connectivity index (χ1v) is 11.1. The Hall–Kier alpha value is -3.44. The second kappa shape index (κ2) is 8.36. The van der Waals surface area contributed by atoms with Gasteiger partial charge in [-0.1, -0.05) is 18.2 Å². The summed E-state index contributed by atoms with van der Waals surface area (Å²) in [5.41, 5.74) is 2.84. The predicted molar refractivity (Wildman–Crippen MR) is 115 cm³/mol. The van der Waals surface area contributed by atoms with Crippen LogP contribution in [0.25, 0.3) is 11.1 Å². The maximum atomic E-state index is 13.0. The fourth-order valence-electron chi connectivity index (χ4n) is 3.31. The van der Waals surface area contributed by atoms with Gasteiger partial charge in [-0.25, -0.2) is 23.8 Å². The minimum absolute atomic E-state index is 0.103. The fourth-order valence-corrected chi connectivity index (χ4v) is 4.31. The molecular weight excluding hydrogens is 420 g/mol. The summed E-state index contributed by atoms with van der Waals surface area (Å²) in [6.45, 7) is 2.93. The van der Waals surface area contributed by atoms with Crippen LogP contribution in [0.15, 0.2) is 52.0 Å². The Morgan fingerprint density at radius 2 is 2.23 bits per heavy atom. The lowest BCUT2D eigenvalue weighted by molar-refractivity contribution is 0.224. The zero-order valence-electron chi connectivity index (χ0n) is 17.1. The Bertz CT molecular complexity index is 1260. The first kappa shape index (κ1) is 20.8. The molecule has 2 aromatic heterocycles. The van der Waals surface area contributed by atoms with Crippen molar-refractivity contribution in [1.29, 1.82) is 0 Å². The number of urea groups is 1. The van der Waals surface area contributed by atoms with Gasteiger partial charge in [0.1, 0.15) is 4.90 Å². The molecule has 4 rings (SSSR count). The number of aryl methyl sites for hydroxylation is 2. The van der Waals surface area contributed by atoms with Crippen LogP contribution in [0.2, 0.25) is 0 Å². The van der Waals surface area contributed by atoms with E-state index in [1.165, 1.54) is 13.3 Å². The number of aromatic nitrogens is 3. The summed E-state index contributed by atoms with van der Waals surface area (Å²) in [5, 5.41) is 12.8. The molecule has 0 radical (unpaired) electrons. The summed E-state index contributed by atoms with van der Waals surface area (Å²) in [5.74, 6) is 0.729. The number of anilines is 1. The molecule has 0 spiro atoms. The number of methoxy groups -OCH3 is 1. The van der Waals surface area contributed by atoms with E-state index in [0.717, 1.165) is 23.1 Å². The molecule has 1 unspecified atom stereocenters. The van der Waals surface area contributed by atoms with Crippen molar-refractivity contribution in [3.05, 3.63) is 48.3 Å². The number of para-hydroxylation sites is 1.